The van der Waals surface area contributed by atoms with Gasteiger partial charge in [0.25, 0.3) is 0 Å². The van der Waals surface area contributed by atoms with Crippen LogP contribution in [0.15, 0.2) is 28.7 Å². The summed E-state index contributed by atoms with van der Waals surface area (Å²) in [5.74, 6) is 1.46. The number of halogens is 1. The lowest BCUT2D eigenvalue weighted by molar-refractivity contribution is -0.137. The number of nitrogens with zero attached hydrogens (tertiary/aromatic N) is 1. The normalized spacial score (nSPS) is 18.7. The third-order valence-electron chi connectivity index (χ3n) is 5.77. The Bertz CT molecular complexity index is 653. The zero-order valence-electron chi connectivity index (χ0n) is 16.5. The minimum atomic E-state index is 0.0767. The van der Waals surface area contributed by atoms with Crippen molar-refractivity contribution in [1.29, 1.82) is 0 Å². The molecular formula is C22H31BrN2O3. The molecule has 5 nitrogen and oxygen atoms in total. The van der Waals surface area contributed by atoms with Gasteiger partial charge in [-0.25, -0.2) is 0 Å². The molecule has 1 N–H and O–H groups in total. The molecule has 6 heteroatoms. The van der Waals surface area contributed by atoms with Crippen LogP contribution in [-0.4, -0.2) is 42.5 Å². The van der Waals surface area contributed by atoms with Gasteiger partial charge < -0.3 is 15.0 Å². The highest BCUT2D eigenvalue weighted by Crippen LogP contribution is 2.27. The highest BCUT2D eigenvalue weighted by molar-refractivity contribution is 9.10. The Hall–Kier alpha value is -1.56. The molecule has 2 amide bonds. The monoisotopic (exact) mass is 450 g/mol. The van der Waals surface area contributed by atoms with Crippen LogP contribution in [-0.2, 0) is 9.59 Å². The molecule has 154 valence electrons. The number of carbonyl (C=O) groups is 2. The first-order valence-corrected chi connectivity index (χ1v) is 11.4. The Morgan fingerprint density at radius 3 is 2.50 bits per heavy atom. The maximum atomic E-state index is 12.6. The van der Waals surface area contributed by atoms with Crippen molar-refractivity contribution in [3.8, 4) is 5.75 Å². The van der Waals surface area contributed by atoms with Crippen molar-refractivity contribution in [2.75, 3.05) is 19.7 Å². The summed E-state index contributed by atoms with van der Waals surface area (Å²) in [4.78, 5) is 26.8. The van der Waals surface area contributed by atoms with Gasteiger partial charge in [0.05, 0.1) is 11.1 Å². The van der Waals surface area contributed by atoms with Crippen LogP contribution in [0.1, 0.15) is 57.8 Å². The van der Waals surface area contributed by atoms with Gasteiger partial charge in [-0.3, -0.25) is 9.59 Å². The molecule has 0 radical (unpaired) electrons. The molecule has 2 fully saturated rings. The molecule has 1 aliphatic carbocycles. The van der Waals surface area contributed by atoms with Crippen LogP contribution in [0.3, 0.4) is 0 Å². The smallest absolute Gasteiger partial charge is 0.225 e. The van der Waals surface area contributed by atoms with Gasteiger partial charge in [-0.05, 0) is 60.2 Å². The molecule has 3 rings (SSSR count). The molecule has 0 unspecified atom stereocenters. The number of amides is 2. The minimum Gasteiger partial charge on any atom is -0.492 e. The van der Waals surface area contributed by atoms with Crippen LogP contribution in [0.5, 0.6) is 5.75 Å². The van der Waals surface area contributed by atoms with E-state index in [9.17, 15) is 9.59 Å². The molecule has 28 heavy (non-hydrogen) atoms. The number of para-hydroxylation sites is 1. The molecule has 0 spiro atoms. The summed E-state index contributed by atoms with van der Waals surface area (Å²) in [6.45, 7) is 2.06. The van der Waals surface area contributed by atoms with Crippen LogP contribution >= 0.6 is 15.9 Å². The second-order valence-electron chi connectivity index (χ2n) is 7.88. The lowest BCUT2D eigenvalue weighted by Crippen LogP contribution is -2.48. The molecule has 2 aliphatic rings. The van der Waals surface area contributed by atoms with Gasteiger partial charge in [-0.15, -0.1) is 0 Å². The molecular weight excluding hydrogens is 420 g/mol. The standard InChI is InChI=1S/C22H31BrN2O3/c23-19-9-4-5-10-20(19)28-16-6-11-21(26)24-18-12-14-25(15-13-18)22(27)17-7-2-1-3-8-17/h4-5,9-10,17-18H,1-3,6-8,11-16H2,(H,24,26). The van der Waals surface area contributed by atoms with E-state index in [1.165, 1.54) is 19.3 Å². The summed E-state index contributed by atoms with van der Waals surface area (Å²) in [5, 5.41) is 3.13. The van der Waals surface area contributed by atoms with E-state index in [0.717, 1.165) is 49.0 Å². The third-order valence-corrected chi connectivity index (χ3v) is 6.42. The quantitative estimate of drug-likeness (QED) is 0.629. The topological polar surface area (TPSA) is 58.6 Å². The Kier molecular flexibility index (Phi) is 8.19. The molecule has 1 heterocycles. The Morgan fingerprint density at radius 2 is 1.79 bits per heavy atom. The fourth-order valence-electron chi connectivity index (χ4n) is 4.13. The average molecular weight is 451 g/mol. The summed E-state index contributed by atoms with van der Waals surface area (Å²) >= 11 is 3.45. The van der Waals surface area contributed by atoms with Crippen LogP contribution in [0.4, 0.5) is 0 Å². The number of hydrogen-bond donors (Lipinski definition) is 1. The van der Waals surface area contributed by atoms with Gasteiger partial charge in [-0.2, -0.15) is 0 Å². The number of piperidine rings is 1. The first-order chi connectivity index (χ1) is 13.6. The van der Waals surface area contributed by atoms with Crippen molar-refractivity contribution < 1.29 is 14.3 Å². The maximum Gasteiger partial charge on any atom is 0.225 e. The Morgan fingerprint density at radius 1 is 1.07 bits per heavy atom. The van der Waals surface area contributed by atoms with E-state index in [4.69, 9.17) is 4.74 Å². The number of carbonyl (C=O) groups excluding carboxylic acids is 2. The molecule has 1 aliphatic heterocycles. The van der Waals surface area contributed by atoms with Gasteiger partial charge in [0, 0.05) is 31.5 Å². The molecule has 1 saturated carbocycles. The van der Waals surface area contributed by atoms with Gasteiger partial charge in [-0.1, -0.05) is 31.4 Å². The van der Waals surface area contributed by atoms with Gasteiger partial charge in [0.15, 0.2) is 0 Å². The van der Waals surface area contributed by atoms with Crippen molar-refractivity contribution in [2.45, 2.75) is 63.8 Å². The number of ether oxygens (including phenoxy) is 1. The largest absolute Gasteiger partial charge is 0.492 e. The van der Waals surface area contributed by atoms with E-state index in [1.54, 1.807) is 0 Å². The summed E-state index contributed by atoms with van der Waals surface area (Å²) in [5.41, 5.74) is 0. The number of rotatable bonds is 7. The predicted molar refractivity (Wildman–Crippen MR) is 113 cm³/mol. The van der Waals surface area contributed by atoms with Crippen molar-refractivity contribution >= 4 is 27.7 Å². The zero-order valence-corrected chi connectivity index (χ0v) is 18.1. The summed E-state index contributed by atoms with van der Waals surface area (Å²) in [7, 11) is 0. The van der Waals surface area contributed by atoms with Crippen molar-refractivity contribution in [1.82, 2.24) is 10.2 Å². The van der Waals surface area contributed by atoms with E-state index in [0.29, 0.717) is 25.4 Å². The van der Waals surface area contributed by atoms with Crippen molar-refractivity contribution in [3.63, 3.8) is 0 Å². The highest BCUT2D eigenvalue weighted by atomic mass is 79.9. The zero-order chi connectivity index (χ0) is 19.8. The summed E-state index contributed by atoms with van der Waals surface area (Å²) in [6, 6.07) is 7.91. The van der Waals surface area contributed by atoms with Crippen LogP contribution in [0.2, 0.25) is 0 Å². The van der Waals surface area contributed by atoms with Crippen LogP contribution in [0.25, 0.3) is 0 Å². The van der Waals surface area contributed by atoms with E-state index >= 15 is 0 Å². The Balaban J connectivity index is 1.30. The second-order valence-corrected chi connectivity index (χ2v) is 8.74. The van der Waals surface area contributed by atoms with E-state index in [2.05, 4.69) is 21.2 Å². The summed E-state index contributed by atoms with van der Waals surface area (Å²) in [6.07, 6.45) is 8.62. The number of nitrogens with one attached hydrogen (secondary N) is 1. The van der Waals surface area contributed by atoms with E-state index < -0.39 is 0 Å². The first kappa shape index (κ1) is 21.2. The van der Waals surface area contributed by atoms with Crippen molar-refractivity contribution in [3.05, 3.63) is 28.7 Å². The summed E-state index contributed by atoms with van der Waals surface area (Å²) < 4.78 is 6.63. The minimum absolute atomic E-state index is 0.0767. The average Bonchev–Trinajstić information content (AvgIpc) is 2.73. The molecule has 0 atom stereocenters. The predicted octanol–water partition coefficient (Wildman–Crippen LogP) is 4.30. The van der Waals surface area contributed by atoms with Crippen LogP contribution < -0.4 is 10.1 Å². The molecule has 0 aromatic heterocycles. The van der Waals surface area contributed by atoms with E-state index in [-0.39, 0.29) is 17.9 Å². The first-order valence-electron chi connectivity index (χ1n) is 10.6. The number of hydrogen-bond acceptors (Lipinski definition) is 3. The fourth-order valence-corrected chi connectivity index (χ4v) is 4.53. The lowest BCUT2D eigenvalue weighted by Gasteiger charge is -2.35. The maximum absolute atomic E-state index is 12.6. The third kappa shape index (κ3) is 6.23. The second kappa shape index (κ2) is 10.8. The van der Waals surface area contributed by atoms with Crippen molar-refractivity contribution in [2.24, 2.45) is 5.92 Å². The lowest BCUT2D eigenvalue weighted by atomic mass is 9.87. The Labute approximate surface area is 176 Å². The molecule has 1 aromatic carbocycles. The SMILES string of the molecule is O=C(CCCOc1ccccc1Br)NC1CCN(C(=O)C2CCCCC2)CC1. The number of likely N-dealkylation sites (tertiary alicyclic amines) is 1. The molecule has 0 bridgehead atoms. The molecule has 1 aromatic rings. The highest BCUT2D eigenvalue weighted by Gasteiger charge is 2.29. The van der Waals surface area contributed by atoms with Crippen LogP contribution in [0, 0.1) is 5.92 Å². The molecule has 1 saturated heterocycles. The van der Waals surface area contributed by atoms with Gasteiger partial charge in [0.1, 0.15) is 5.75 Å². The van der Waals surface area contributed by atoms with Gasteiger partial charge in [0.2, 0.25) is 11.8 Å². The van der Waals surface area contributed by atoms with Gasteiger partial charge >= 0.3 is 0 Å². The number of benzene rings is 1. The fraction of sp³-hybridized carbons (Fsp3) is 0.636. The van der Waals surface area contributed by atoms with E-state index in [1.807, 2.05) is 29.2 Å².